The molecule has 0 radical (unpaired) electrons. The van der Waals surface area contributed by atoms with Crippen molar-refractivity contribution in [1.82, 2.24) is 14.8 Å². The number of nitrogens with zero attached hydrogens (tertiary/aromatic N) is 2. The Balaban J connectivity index is 1.73. The monoisotopic (exact) mass is 487 g/mol. The Bertz CT molecular complexity index is 1120. The van der Waals surface area contributed by atoms with Gasteiger partial charge in [0.05, 0.1) is 5.69 Å². The maximum Gasteiger partial charge on any atom is 0.331 e. The van der Waals surface area contributed by atoms with Gasteiger partial charge >= 0.3 is 6.03 Å². The molecule has 2 aliphatic rings. The number of carbonyl (C=O) groups is 3. The summed E-state index contributed by atoms with van der Waals surface area (Å²) in [7, 11) is 0. The zero-order chi connectivity index (χ0) is 22.3. The van der Waals surface area contributed by atoms with E-state index in [4.69, 9.17) is 0 Å². The number of hydrogen-bond donors (Lipinski definition) is 1. The molecule has 0 bridgehead atoms. The minimum absolute atomic E-state index is 0.0818. The maximum absolute atomic E-state index is 14.6. The third-order valence-electron chi connectivity index (χ3n) is 5.99. The van der Waals surface area contributed by atoms with Crippen LogP contribution in [0.5, 0.6) is 0 Å². The molecule has 2 heterocycles. The third-order valence-corrected chi connectivity index (χ3v) is 6.49. The van der Waals surface area contributed by atoms with Crippen molar-refractivity contribution in [3.63, 3.8) is 0 Å². The van der Waals surface area contributed by atoms with Crippen molar-refractivity contribution >= 4 is 39.9 Å². The van der Waals surface area contributed by atoms with Gasteiger partial charge in [-0.3, -0.25) is 19.8 Å². The standard InChI is InChI=1S/C23H23BrFN3O3/c1-13-10-15(14(2)27(13)20-9-8-16(24)12-19(20)25)11-18-21(29)26-23(31)28(22(18)30)17-6-4-3-5-7-17/h8-12,17H,3-7H2,1-2H3,(H,26,29,31). The SMILES string of the molecule is Cc1cc(C=C2C(=O)NC(=O)N(C3CCCCC3)C2=O)c(C)n1-c1ccc(Br)cc1F. The van der Waals surface area contributed by atoms with Crippen molar-refractivity contribution in [2.75, 3.05) is 0 Å². The van der Waals surface area contributed by atoms with E-state index in [9.17, 15) is 18.8 Å². The van der Waals surface area contributed by atoms with Gasteiger partial charge in [0, 0.05) is 21.9 Å². The minimum atomic E-state index is -0.707. The summed E-state index contributed by atoms with van der Waals surface area (Å²) < 4.78 is 16.9. The molecule has 6 nitrogen and oxygen atoms in total. The van der Waals surface area contributed by atoms with Crippen molar-refractivity contribution in [2.45, 2.75) is 52.0 Å². The Kier molecular flexibility index (Phi) is 5.83. The first-order chi connectivity index (χ1) is 14.8. The molecule has 1 aromatic carbocycles. The fourth-order valence-electron chi connectivity index (χ4n) is 4.46. The van der Waals surface area contributed by atoms with Crippen LogP contribution < -0.4 is 5.32 Å². The van der Waals surface area contributed by atoms with Crippen molar-refractivity contribution in [1.29, 1.82) is 0 Å². The maximum atomic E-state index is 14.6. The third kappa shape index (κ3) is 3.96. The van der Waals surface area contributed by atoms with E-state index in [1.165, 1.54) is 17.0 Å². The Labute approximate surface area is 188 Å². The van der Waals surface area contributed by atoms with E-state index in [2.05, 4.69) is 21.2 Å². The highest BCUT2D eigenvalue weighted by Gasteiger charge is 2.40. The Morgan fingerprint density at radius 1 is 1.10 bits per heavy atom. The lowest BCUT2D eigenvalue weighted by atomic mass is 9.93. The van der Waals surface area contributed by atoms with E-state index in [-0.39, 0.29) is 11.6 Å². The number of nitrogens with one attached hydrogen (secondary N) is 1. The summed E-state index contributed by atoms with van der Waals surface area (Å²) in [5, 5.41) is 2.30. The van der Waals surface area contributed by atoms with Crippen molar-refractivity contribution in [3.05, 3.63) is 57.1 Å². The van der Waals surface area contributed by atoms with Crippen LogP contribution >= 0.6 is 15.9 Å². The fraction of sp³-hybridized carbons (Fsp3) is 0.348. The summed E-state index contributed by atoms with van der Waals surface area (Å²) in [6, 6.07) is 5.76. The number of carbonyl (C=O) groups excluding carboxylic acids is 3. The number of barbiturate groups is 1. The quantitative estimate of drug-likeness (QED) is 0.499. The van der Waals surface area contributed by atoms with Crippen LogP contribution in [0, 0.1) is 19.7 Å². The van der Waals surface area contributed by atoms with E-state index in [1.807, 2.05) is 6.92 Å². The Morgan fingerprint density at radius 2 is 1.81 bits per heavy atom. The molecule has 2 fully saturated rings. The number of amides is 4. The molecule has 31 heavy (non-hydrogen) atoms. The smallest absolute Gasteiger partial charge is 0.315 e. The van der Waals surface area contributed by atoms with E-state index in [0.717, 1.165) is 37.8 Å². The second-order valence-corrected chi connectivity index (χ2v) is 8.96. The van der Waals surface area contributed by atoms with Crippen LogP contribution in [0.15, 0.2) is 34.3 Å². The highest BCUT2D eigenvalue weighted by Crippen LogP contribution is 2.29. The summed E-state index contributed by atoms with van der Waals surface area (Å²) in [4.78, 5) is 39.2. The molecule has 1 aliphatic carbocycles. The van der Waals surface area contributed by atoms with E-state index >= 15 is 0 Å². The van der Waals surface area contributed by atoms with Crippen LogP contribution in [0.1, 0.15) is 49.1 Å². The van der Waals surface area contributed by atoms with Crippen LogP contribution in [0.4, 0.5) is 9.18 Å². The Hall–Kier alpha value is -2.74. The van der Waals surface area contributed by atoms with Crippen LogP contribution in [0.3, 0.4) is 0 Å². The number of aryl methyl sites for hydroxylation is 1. The first kappa shape index (κ1) is 21.5. The van der Waals surface area contributed by atoms with Gasteiger partial charge in [-0.2, -0.15) is 0 Å². The molecule has 1 saturated carbocycles. The van der Waals surface area contributed by atoms with Crippen LogP contribution in [-0.2, 0) is 9.59 Å². The van der Waals surface area contributed by atoms with Gasteiger partial charge in [-0.05, 0) is 62.6 Å². The zero-order valence-corrected chi connectivity index (χ0v) is 19.0. The highest BCUT2D eigenvalue weighted by molar-refractivity contribution is 9.10. The van der Waals surface area contributed by atoms with Gasteiger partial charge in [0.25, 0.3) is 11.8 Å². The number of halogens is 2. The van der Waals surface area contributed by atoms with Crippen molar-refractivity contribution in [3.8, 4) is 5.69 Å². The van der Waals surface area contributed by atoms with Crippen LogP contribution in [-0.4, -0.2) is 33.4 Å². The predicted molar refractivity (Wildman–Crippen MR) is 118 cm³/mol. The van der Waals surface area contributed by atoms with Crippen molar-refractivity contribution < 1.29 is 18.8 Å². The number of aromatic nitrogens is 1. The van der Waals surface area contributed by atoms with E-state index in [0.29, 0.717) is 21.4 Å². The number of benzene rings is 1. The molecule has 4 rings (SSSR count). The summed E-state index contributed by atoms with van der Waals surface area (Å²) in [6.45, 7) is 3.63. The molecule has 1 N–H and O–H groups in total. The lowest BCUT2D eigenvalue weighted by Gasteiger charge is -2.35. The van der Waals surface area contributed by atoms with Gasteiger partial charge in [0.2, 0.25) is 0 Å². The first-order valence-corrected chi connectivity index (χ1v) is 11.1. The normalized spacial score (nSPS) is 19.3. The van der Waals surface area contributed by atoms with Gasteiger partial charge < -0.3 is 4.57 Å². The molecule has 0 spiro atoms. The second kappa shape index (κ2) is 8.42. The van der Waals surface area contributed by atoms with Gasteiger partial charge in [0.1, 0.15) is 11.4 Å². The van der Waals surface area contributed by atoms with Gasteiger partial charge in [-0.1, -0.05) is 35.2 Å². The molecule has 1 aliphatic heterocycles. The van der Waals surface area contributed by atoms with Gasteiger partial charge in [-0.25, -0.2) is 9.18 Å². The summed E-state index contributed by atoms with van der Waals surface area (Å²) in [5.41, 5.74) is 2.36. The molecule has 1 aromatic heterocycles. The van der Waals surface area contributed by atoms with Crippen LogP contribution in [0.25, 0.3) is 11.8 Å². The van der Waals surface area contributed by atoms with Gasteiger partial charge in [-0.15, -0.1) is 0 Å². The van der Waals surface area contributed by atoms with Crippen LogP contribution in [0.2, 0.25) is 0 Å². The predicted octanol–water partition coefficient (Wildman–Crippen LogP) is 4.79. The fourth-order valence-corrected chi connectivity index (χ4v) is 4.80. The molecule has 8 heteroatoms. The number of rotatable bonds is 3. The van der Waals surface area contributed by atoms with E-state index in [1.54, 1.807) is 29.7 Å². The summed E-state index contributed by atoms with van der Waals surface area (Å²) in [5.74, 6) is -1.67. The molecule has 0 unspecified atom stereocenters. The molecule has 1 saturated heterocycles. The molecule has 2 aromatic rings. The molecular weight excluding hydrogens is 465 g/mol. The second-order valence-electron chi connectivity index (χ2n) is 8.04. The summed E-state index contributed by atoms with van der Waals surface area (Å²) in [6.07, 6.45) is 5.98. The molecule has 162 valence electrons. The number of hydrogen-bond acceptors (Lipinski definition) is 3. The lowest BCUT2D eigenvalue weighted by Crippen LogP contribution is -2.58. The molecular formula is C23H23BrFN3O3. The average Bonchev–Trinajstić information content (AvgIpc) is 2.99. The molecule has 0 atom stereocenters. The lowest BCUT2D eigenvalue weighted by molar-refractivity contribution is -0.132. The zero-order valence-electron chi connectivity index (χ0n) is 17.4. The minimum Gasteiger partial charge on any atom is -0.315 e. The highest BCUT2D eigenvalue weighted by atomic mass is 79.9. The Morgan fingerprint density at radius 3 is 2.48 bits per heavy atom. The van der Waals surface area contributed by atoms with Crippen molar-refractivity contribution in [2.24, 2.45) is 0 Å². The largest absolute Gasteiger partial charge is 0.331 e. The first-order valence-electron chi connectivity index (χ1n) is 10.3. The number of urea groups is 1. The number of imide groups is 2. The topological polar surface area (TPSA) is 71.4 Å². The molecule has 4 amide bonds. The average molecular weight is 488 g/mol. The van der Waals surface area contributed by atoms with E-state index < -0.39 is 23.7 Å². The van der Waals surface area contributed by atoms with Gasteiger partial charge in [0.15, 0.2) is 0 Å². The summed E-state index contributed by atoms with van der Waals surface area (Å²) >= 11 is 3.26.